The smallest absolute Gasteiger partial charge is 0.0992 e. The van der Waals surface area contributed by atoms with Crippen molar-refractivity contribution in [3.8, 4) is 6.07 Å². The van der Waals surface area contributed by atoms with Gasteiger partial charge < -0.3 is 10.2 Å². The van der Waals surface area contributed by atoms with Crippen LogP contribution in [0.25, 0.3) is 0 Å². The van der Waals surface area contributed by atoms with Gasteiger partial charge in [-0.05, 0) is 57.5 Å². The topological polar surface area (TPSA) is 39.1 Å². The molecule has 19 heavy (non-hydrogen) atoms. The first-order valence-corrected chi connectivity index (χ1v) is 7.66. The molecule has 0 amide bonds. The van der Waals surface area contributed by atoms with Gasteiger partial charge in [0.05, 0.1) is 11.6 Å². The van der Waals surface area contributed by atoms with Gasteiger partial charge in [-0.1, -0.05) is 15.9 Å². The van der Waals surface area contributed by atoms with Crippen molar-refractivity contribution < 1.29 is 0 Å². The number of nitriles is 1. The standard InChI is InChI=1S/C15H20BrN3/c1-18-6-5-14-4-2-3-7-19(14)15-9-12(11-17)8-13(16)10-15/h8-10,14,18H,2-7H2,1H3. The second kappa shape index (κ2) is 6.93. The van der Waals surface area contributed by atoms with Gasteiger partial charge in [-0.15, -0.1) is 0 Å². The van der Waals surface area contributed by atoms with E-state index < -0.39 is 0 Å². The molecule has 1 aliphatic rings. The van der Waals surface area contributed by atoms with Crippen molar-refractivity contribution in [2.75, 3.05) is 25.0 Å². The monoisotopic (exact) mass is 321 g/mol. The van der Waals surface area contributed by atoms with Crippen LogP contribution in [0.15, 0.2) is 22.7 Å². The summed E-state index contributed by atoms with van der Waals surface area (Å²) in [6, 6.07) is 8.82. The second-order valence-corrected chi connectivity index (χ2v) is 5.96. The molecule has 0 bridgehead atoms. The zero-order chi connectivity index (χ0) is 13.7. The normalized spacial score (nSPS) is 19.2. The quantitative estimate of drug-likeness (QED) is 0.924. The lowest BCUT2D eigenvalue weighted by molar-refractivity contribution is 0.433. The number of hydrogen-bond acceptors (Lipinski definition) is 3. The molecule has 1 saturated heterocycles. The zero-order valence-electron chi connectivity index (χ0n) is 11.3. The number of anilines is 1. The fraction of sp³-hybridized carbons (Fsp3) is 0.533. The summed E-state index contributed by atoms with van der Waals surface area (Å²) >= 11 is 3.50. The Labute approximate surface area is 123 Å². The zero-order valence-corrected chi connectivity index (χ0v) is 12.9. The summed E-state index contributed by atoms with van der Waals surface area (Å²) in [5.74, 6) is 0. The Morgan fingerprint density at radius 1 is 1.42 bits per heavy atom. The molecule has 102 valence electrons. The van der Waals surface area contributed by atoms with Crippen LogP contribution in [0.1, 0.15) is 31.2 Å². The molecule has 0 aliphatic carbocycles. The van der Waals surface area contributed by atoms with Crippen molar-refractivity contribution in [1.82, 2.24) is 5.32 Å². The van der Waals surface area contributed by atoms with Crippen LogP contribution < -0.4 is 10.2 Å². The number of rotatable bonds is 4. The minimum atomic E-state index is 0.585. The third-order valence-corrected chi connectivity index (χ3v) is 4.16. The molecule has 0 aromatic heterocycles. The van der Waals surface area contributed by atoms with E-state index in [4.69, 9.17) is 5.26 Å². The predicted molar refractivity (Wildman–Crippen MR) is 82.4 cm³/mol. The van der Waals surface area contributed by atoms with Gasteiger partial charge in [0.15, 0.2) is 0 Å². The maximum Gasteiger partial charge on any atom is 0.0992 e. The van der Waals surface area contributed by atoms with Gasteiger partial charge in [0.1, 0.15) is 0 Å². The van der Waals surface area contributed by atoms with Gasteiger partial charge in [-0.2, -0.15) is 5.26 Å². The molecule has 0 radical (unpaired) electrons. The second-order valence-electron chi connectivity index (χ2n) is 5.05. The highest BCUT2D eigenvalue weighted by Crippen LogP contribution is 2.29. The van der Waals surface area contributed by atoms with Crippen LogP contribution in [0.5, 0.6) is 0 Å². The lowest BCUT2D eigenvalue weighted by Crippen LogP contribution is -2.41. The van der Waals surface area contributed by atoms with Crippen LogP contribution in [0, 0.1) is 11.3 Å². The Balaban J connectivity index is 2.21. The van der Waals surface area contributed by atoms with E-state index in [-0.39, 0.29) is 0 Å². The Hall–Kier alpha value is -1.05. The molecule has 1 unspecified atom stereocenters. The first-order valence-electron chi connectivity index (χ1n) is 6.86. The summed E-state index contributed by atoms with van der Waals surface area (Å²) in [4.78, 5) is 2.46. The molecule has 1 aliphatic heterocycles. The maximum absolute atomic E-state index is 9.09. The SMILES string of the molecule is CNCCC1CCCCN1c1cc(Br)cc(C#N)c1. The summed E-state index contributed by atoms with van der Waals surface area (Å²) in [5, 5.41) is 12.3. The molecule has 1 fully saturated rings. The Morgan fingerprint density at radius 3 is 3.00 bits per heavy atom. The summed E-state index contributed by atoms with van der Waals surface area (Å²) in [6.07, 6.45) is 4.95. The van der Waals surface area contributed by atoms with E-state index in [0.717, 1.165) is 29.5 Å². The summed E-state index contributed by atoms with van der Waals surface area (Å²) < 4.78 is 0.986. The van der Waals surface area contributed by atoms with E-state index in [2.05, 4.69) is 38.3 Å². The van der Waals surface area contributed by atoms with E-state index in [0.29, 0.717) is 6.04 Å². The van der Waals surface area contributed by atoms with Gasteiger partial charge in [-0.3, -0.25) is 0 Å². The first-order chi connectivity index (χ1) is 9.24. The van der Waals surface area contributed by atoms with Crippen LogP contribution in [-0.4, -0.2) is 26.2 Å². The molecule has 0 saturated carbocycles. The minimum absolute atomic E-state index is 0.585. The highest BCUT2D eigenvalue weighted by molar-refractivity contribution is 9.10. The molecule has 1 N–H and O–H groups in total. The van der Waals surface area contributed by atoms with Gasteiger partial charge in [0.2, 0.25) is 0 Å². The summed E-state index contributed by atoms with van der Waals surface area (Å²) in [5.41, 5.74) is 1.90. The molecule has 4 heteroatoms. The molecular weight excluding hydrogens is 302 g/mol. The minimum Gasteiger partial charge on any atom is -0.368 e. The van der Waals surface area contributed by atoms with Crippen molar-refractivity contribution in [2.45, 2.75) is 31.7 Å². The van der Waals surface area contributed by atoms with Crippen LogP contribution >= 0.6 is 15.9 Å². The largest absolute Gasteiger partial charge is 0.368 e. The van der Waals surface area contributed by atoms with Crippen molar-refractivity contribution in [2.24, 2.45) is 0 Å². The molecule has 1 aromatic carbocycles. The average molecular weight is 322 g/mol. The molecular formula is C15H20BrN3. The molecule has 3 nitrogen and oxygen atoms in total. The molecule has 1 atom stereocenters. The van der Waals surface area contributed by atoms with Gasteiger partial charge in [0, 0.05) is 22.7 Å². The lowest BCUT2D eigenvalue weighted by Gasteiger charge is -2.38. The van der Waals surface area contributed by atoms with Crippen molar-refractivity contribution >= 4 is 21.6 Å². The van der Waals surface area contributed by atoms with Crippen LogP contribution in [0.2, 0.25) is 0 Å². The van der Waals surface area contributed by atoms with E-state index in [1.807, 2.05) is 19.2 Å². The van der Waals surface area contributed by atoms with Gasteiger partial charge in [0.25, 0.3) is 0 Å². The molecule has 1 aromatic rings. The maximum atomic E-state index is 9.09. The third kappa shape index (κ3) is 3.71. The number of halogens is 1. The van der Waals surface area contributed by atoms with E-state index in [1.54, 1.807) is 0 Å². The number of benzene rings is 1. The van der Waals surface area contributed by atoms with Crippen LogP contribution in [-0.2, 0) is 0 Å². The van der Waals surface area contributed by atoms with Crippen LogP contribution in [0.4, 0.5) is 5.69 Å². The lowest BCUT2D eigenvalue weighted by atomic mass is 9.98. The summed E-state index contributed by atoms with van der Waals surface area (Å²) in [7, 11) is 2.00. The van der Waals surface area contributed by atoms with E-state index in [9.17, 15) is 0 Å². The Bertz CT molecular complexity index is 467. The van der Waals surface area contributed by atoms with Gasteiger partial charge >= 0.3 is 0 Å². The summed E-state index contributed by atoms with van der Waals surface area (Å²) in [6.45, 7) is 2.13. The van der Waals surface area contributed by atoms with E-state index >= 15 is 0 Å². The first kappa shape index (κ1) is 14.4. The van der Waals surface area contributed by atoms with E-state index in [1.165, 1.54) is 24.9 Å². The average Bonchev–Trinajstić information content (AvgIpc) is 2.44. The molecule has 0 spiro atoms. The van der Waals surface area contributed by atoms with Crippen molar-refractivity contribution in [3.05, 3.63) is 28.2 Å². The predicted octanol–water partition coefficient (Wildman–Crippen LogP) is 3.29. The van der Waals surface area contributed by atoms with Crippen molar-refractivity contribution in [1.29, 1.82) is 5.26 Å². The fourth-order valence-electron chi connectivity index (χ4n) is 2.76. The highest BCUT2D eigenvalue weighted by atomic mass is 79.9. The Kier molecular flexibility index (Phi) is 5.24. The van der Waals surface area contributed by atoms with Crippen molar-refractivity contribution in [3.63, 3.8) is 0 Å². The number of nitrogens with one attached hydrogen (secondary N) is 1. The third-order valence-electron chi connectivity index (χ3n) is 3.70. The number of nitrogens with zero attached hydrogens (tertiary/aromatic N) is 2. The van der Waals surface area contributed by atoms with Gasteiger partial charge in [-0.25, -0.2) is 0 Å². The molecule has 2 rings (SSSR count). The van der Waals surface area contributed by atoms with Crippen LogP contribution in [0.3, 0.4) is 0 Å². The highest BCUT2D eigenvalue weighted by Gasteiger charge is 2.22. The number of piperidine rings is 1. The molecule has 1 heterocycles. The fourth-order valence-corrected chi connectivity index (χ4v) is 3.24. The Morgan fingerprint density at radius 2 is 2.26 bits per heavy atom. The number of hydrogen-bond donors (Lipinski definition) is 1.